The number of aryl methyl sites for hydroxylation is 4. The van der Waals surface area contributed by atoms with Gasteiger partial charge in [0.05, 0.1) is 23.0 Å². The fraction of sp³-hybridized carbons (Fsp3) is 0.240. The van der Waals surface area contributed by atoms with Crippen LogP contribution < -0.4 is 24.8 Å². The minimum absolute atomic E-state index is 0. The molecule has 0 aliphatic carbocycles. The molecule has 280 valence electrons. The maximum Gasteiger partial charge on any atom is 4.00 e. The minimum atomic E-state index is 0. The van der Waals surface area contributed by atoms with Crippen molar-refractivity contribution >= 4 is 21.5 Å². The van der Waals surface area contributed by atoms with Gasteiger partial charge in [0, 0.05) is 12.8 Å². The second kappa shape index (κ2) is 20.9. The van der Waals surface area contributed by atoms with E-state index < -0.39 is 0 Å². The van der Waals surface area contributed by atoms with Gasteiger partial charge in [-0.2, -0.15) is 0 Å². The van der Waals surface area contributed by atoms with E-state index in [0.717, 1.165) is 72.7 Å². The predicted octanol–water partition coefficient (Wildman–Crippen LogP) is 8.79. The zero-order valence-corrected chi connectivity index (χ0v) is 36.4. The van der Waals surface area contributed by atoms with E-state index in [4.69, 9.17) is 8.83 Å². The van der Waals surface area contributed by atoms with E-state index >= 15 is 0 Å². The molecule has 2 aromatic heterocycles. The monoisotopic (exact) mass is 842 g/mol. The van der Waals surface area contributed by atoms with Crippen molar-refractivity contribution in [2.24, 2.45) is 0 Å². The third-order valence-electron chi connectivity index (χ3n) is 9.99. The molecule has 0 saturated carbocycles. The number of halogens is 2. The van der Waals surface area contributed by atoms with Gasteiger partial charge in [-0.25, -0.2) is 0 Å². The summed E-state index contributed by atoms with van der Waals surface area (Å²) in [5.74, 6) is 4.07. The van der Waals surface area contributed by atoms with Crippen LogP contribution in [-0.4, -0.2) is 0 Å². The van der Waals surface area contributed by atoms with Gasteiger partial charge in [-0.3, -0.25) is 0 Å². The van der Waals surface area contributed by atoms with Crippen molar-refractivity contribution in [1.29, 1.82) is 0 Å². The van der Waals surface area contributed by atoms with Gasteiger partial charge in [0.15, 0.2) is 0 Å². The molecular formula is C50H50Cl2O2Zr. The van der Waals surface area contributed by atoms with Crippen LogP contribution in [0.5, 0.6) is 0 Å². The summed E-state index contributed by atoms with van der Waals surface area (Å²) in [7, 11) is 0. The summed E-state index contributed by atoms with van der Waals surface area (Å²) in [6, 6.07) is 48.5. The summed E-state index contributed by atoms with van der Waals surface area (Å²) in [4.78, 5) is 0. The van der Waals surface area contributed by atoms with Crippen molar-refractivity contribution in [3.63, 3.8) is 0 Å². The Morgan fingerprint density at radius 3 is 1.18 bits per heavy atom. The Morgan fingerprint density at radius 1 is 0.436 bits per heavy atom. The van der Waals surface area contributed by atoms with Crippen LogP contribution in [0.25, 0.3) is 66.4 Å². The number of fused-ring (bicyclic) bond motifs is 2. The maximum absolute atomic E-state index is 6.03. The van der Waals surface area contributed by atoms with E-state index in [0.29, 0.717) is 0 Å². The molecule has 0 atom stereocenters. The molecule has 0 N–H and O–H groups in total. The summed E-state index contributed by atoms with van der Waals surface area (Å²) in [6.07, 6.45) is 8.86. The SMILES string of the molecule is CCCc1ccc(-c2cccc3[cH-]c(-c4ccc(CCC)o4)cc23)cc1.CCCc1ccc(-c2cccc3[cH-]c(-c4ccc(CCC)o4)cc23)cc1.[Cl-].[Cl-].[Zr+4]. The van der Waals surface area contributed by atoms with Crippen molar-refractivity contribution in [3.8, 4) is 44.9 Å². The van der Waals surface area contributed by atoms with Crippen molar-refractivity contribution < 1.29 is 59.9 Å². The molecule has 2 heterocycles. The third kappa shape index (κ3) is 10.3. The van der Waals surface area contributed by atoms with Crippen LogP contribution in [0.4, 0.5) is 0 Å². The molecule has 0 spiro atoms. The molecule has 0 aliphatic heterocycles. The van der Waals surface area contributed by atoms with Gasteiger partial charge in [0.1, 0.15) is 0 Å². The summed E-state index contributed by atoms with van der Waals surface area (Å²) in [5.41, 5.74) is 10.3. The Balaban J connectivity index is 0.000000232. The van der Waals surface area contributed by atoms with Crippen LogP contribution >= 0.6 is 0 Å². The molecule has 6 aromatic carbocycles. The number of rotatable bonds is 12. The second-order valence-electron chi connectivity index (χ2n) is 14.0. The van der Waals surface area contributed by atoms with Gasteiger partial charge in [-0.1, -0.05) is 136 Å². The first-order valence-corrected chi connectivity index (χ1v) is 19.3. The second-order valence-corrected chi connectivity index (χ2v) is 14.0. The Hall–Kier alpha value is -3.88. The van der Waals surface area contributed by atoms with Crippen molar-refractivity contribution in [2.75, 3.05) is 0 Å². The van der Waals surface area contributed by atoms with Gasteiger partial charge >= 0.3 is 26.2 Å². The quantitative estimate of drug-likeness (QED) is 0.115. The van der Waals surface area contributed by atoms with Crippen LogP contribution in [-0.2, 0) is 51.9 Å². The first-order valence-electron chi connectivity index (χ1n) is 19.3. The summed E-state index contributed by atoms with van der Waals surface area (Å²) >= 11 is 0. The normalized spacial score (nSPS) is 10.7. The van der Waals surface area contributed by atoms with Gasteiger partial charge in [-0.15, -0.1) is 57.9 Å². The van der Waals surface area contributed by atoms with Crippen molar-refractivity contribution in [3.05, 3.63) is 156 Å². The fourth-order valence-corrected chi connectivity index (χ4v) is 7.36. The zero-order chi connectivity index (χ0) is 35.9. The van der Waals surface area contributed by atoms with E-state index in [1.165, 1.54) is 67.8 Å². The Labute approximate surface area is 359 Å². The van der Waals surface area contributed by atoms with E-state index in [2.05, 4.69) is 161 Å². The first kappa shape index (κ1) is 43.8. The topological polar surface area (TPSA) is 26.3 Å². The summed E-state index contributed by atoms with van der Waals surface area (Å²) < 4.78 is 12.1. The molecular weight excluding hydrogens is 795 g/mol. The molecule has 0 unspecified atom stereocenters. The van der Waals surface area contributed by atoms with Gasteiger partial charge in [0.25, 0.3) is 0 Å². The molecule has 8 rings (SSSR count). The molecule has 0 bridgehead atoms. The summed E-state index contributed by atoms with van der Waals surface area (Å²) in [6.45, 7) is 8.80. The first-order chi connectivity index (χ1) is 25.6. The van der Waals surface area contributed by atoms with Crippen LogP contribution in [0.2, 0.25) is 0 Å². The van der Waals surface area contributed by atoms with Crippen LogP contribution in [0.3, 0.4) is 0 Å². The predicted molar refractivity (Wildman–Crippen MR) is 221 cm³/mol. The fourth-order valence-electron chi connectivity index (χ4n) is 7.36. The largest absolute Gasteiger partial charge is 4.00 e. The average Bonchev–Trinajstić information content (AvgIpc) is 3.99. The van der Waals surface area contributed by atoms with Gasteiger partial charge in [0.2, 0.25) is 0 Å². The van der Waals surface area contributed by atoms with E-state index in [9.17, 15) is 0 Å². The van der Waals surface area contributed by atoms with E-state index in [1.807, 2.05) is 0 Å². The standard InChI is InChI=1S/2C25H25O.2ClH.Zr/c2*1-3-6-18-10-12-19(13-11-18)23-9-5-8-20-16-21(17-24(20)23)25-15-14-22(26-25)7-4-2;;;/h2*5,8-17H,3-4,6-7H2,1-2H3;2*1H;/q2*-1;;;+4/p-2. The van der Waals surface area contributed by atoms with Crippen molar-refractivity contribution in [2.45, 2.75) is 79.1 Å². The van der Waals surface area contributed by atoms with Gasteiger partial charge in [-0.05, 0) is 72.2 Å². The molecule has 0 saturated heterocycles. The smallest absolute Gasteiger partial charge is 1.00 e. The average molecular weight is 845 g/mol. The van der Waals surface area contributed by atoms with Crippen molar-refractivity contribution in [1.82, 2.24) is 0 Å². The van der Waals surface area contributed by atoms with Crippen LogP contribution in [0.15, 0.2) is 142 Å². The maximum atomic E-state index is 6.03. The minimum Gasteiger partial charge on any atom is -1.00 e. The molecule has 5 heteroatoms. The molecule has 0 aliphatic rings. The Morgan fingerprint density at radius 2 is 0.818 bits per heavy atom. The Bertz CT molecular complexity index is 2180. The number of benzene rings is 4. The molecule has 2 nitrogen and oxygen atoms in total. The molecule has 8 aromatic rings. The zero-order valence-electron chi connectivity index (χ0n) is 32.4. The van der Waals surface area contributed by atoms with E-state index in [1.54, 1.807) is 0 Å². The molecule has 55 heavy (non-hydrogen) atoms. The number of hydrogen-bond acceptors (Lipinski definition) is 2. The number of furan rings is 2. The van der Waals surface area contributed by atoms with Crippen LogP contribution in [0.1, 0.15) is 76.0 Å². The van der Waals surface area contributed by atoms with E-state index in [-0.39, 0.29) is 51.0 Å². The molecule has 0 fully saturated rings. The number of hydrogen-bond donors (Lipinski definition) is 0. The molecule has 0 radical (unpaired) electrons. The van der Waals surface area contributed by atoms with Crippen LogP contribution in [0, 0.1) is 0 Å². The van der Waals surface area contributed by atoms with Gasteiger partial charge < -0.3 is 33.6 Å². The summed E-state index contributed by atoms with van der Waals surface area (Å²) in [5, 5.41) is 5.12. The Kier molecular flexibility index (Phi) is 16.6. The molecule has 0 amide bonds. The third-order valence-corrected chi connectivity index (χ3v) is 9.99.